The maximum Gasteiger partial charge on any atom is 0.148 e. The summed E-state index contributed by atoms with van der Waals surface area (Å²) in [6, 6.07) is -0.141. The van der Waals surface area contributed by atoms with Gasteiger partial charge in [0, 0.05) is 25.8 Å². The minimum Gasteiger partial charge on any atom is -0.313 e. The summed E-state index contributed by atoms with van der Waals surface area (Å²) in [4.78, 5) is 0. The van der Waals surface area contributed by atoms with E-state index in [1.54, 1.807) is 4.68 Å². The summed E-state index contributed by atoms with van der Waals surface area (Å²) in [5.41, 5.74) is 1.63. The molecule has 0 fully saturated rings. The van der Waals surface area contributed by atoms with Gasteiger partial charge >= 0.3 is 0 Å². The van der Waals surface area contributed by atoms with Crippen LogP contribution in [0.2, 0.25) is 5.02 Å². The Morgan fingerprint density at radius 1 is 1.50 bits per heavy atom. The molecule has 0 aliphatic carbocycles. The van der Waals surface area contributed by atoms with Crippen LogP contribution in [0.4, 0.5) is 0 Å². The largest absolute Gasteiger partial charge is 0.313 e. The molecule has 1 heterocycles. The topological polar surface area (TPSA) is 64.0 Å². The Kier molecular flexibility index (Phi) is 5.19. The van der Waals surface area contributed by atoms with E-state index in [1.807, 2.05) is 20.9 Å². The Morgan fingerprint density at radius 3 is 2.50 bits per heavy atom. The molecule has 1 rings (SSSR count). The molecule has 0 saturated carbocycles. The van der Waals surface area contributed by atoms with Crippen molar-refractivity contribution in [1.82, 2.24) is 15.1 Å². The first-order valence-electron chi connectivity index (χ1n) is 5.83. The second-order valence-corrected chi connectivity index (χ2v) is 7.08. The van der Waals surface area contributed by atoms with Crippen molar-refractivity contribution >= 4 is 21.4 Å². The molecule has 1 unspecified atom stereocenters. The molecule has 7 heteroatoms. The van der Waals surface area contributed by atoms with Gasteiger partial charge in [-0.05, 0) is 13.5 Å². The average Bonchev–Trinajstić information content (AvgIpc) is 2.43. The summed E-state index contributed by atoms with van der Waals surface area (Å²) >= 11 is 6.17. The predicted octanol–water partition coefficient (Wildman–Crippen LogP) is 0.947. The smallest absolute Gasteiger partial charge is 0.148 e. The lowest BCUT2D eigenvalue weighted by atomic mass is 10.1. The van der Waals surface area contributed by atoms with Crippen LogP contribution in [0.15, 0.2) is 0 Å². The van der Waals surface area contributed by atoms with E-state index in [4.69, 9.17) is 11.6 Å². The van der Waals surface area contributed by atoms with Gasteiger partial charge in [0.15, 0.2) is 0 Å². The molecule has 5 nitrogen and oxygen atoms in total. The number of halogens is 1. The summed E-state index contributed by atoms with van der Waals surface area (Å²) < 4.78 is 24.5. The summed E-state index contributed by atoms with van der Waals surface area (Å²) in [6.07, 6.45) is 1.80. The molecule has 0 aliphatic heterocycles. The molecule has 0 saturated heterocycles. The Labute approximate surface area is 113 Å². The highest BCUT2D eigenvalue weighted by molar-refractivity contribution is 7.90. The van der Waals surface area contributed by atoms with E-state index in [9.17, 15) is 8.42 Å². The van der Waals surface area contributed by atoms with Crippen LogP contribution in [-0.2, 0) is 23.3 Å². The zero-order chi connectivity index (χ0) is 13.9. The number of aryl methyl sites for hydroxylation is 2. The van der Waals surface area contributed by atoms with Crippen molar-refractivity contribution in [2.45, 2.75) is 26.3 Å². The first-order chi connectivity index (χ1) is 8.24. The van der Waals surface area contributed by atoms with Crippen LogP contribution < -0.4 is 5.32 Å². The van der Waals surface area contributed by atoms with Crippen molar-refractivity contribution in [1.29, 1.82) is 0 Å². The normalized spacial score (nSPS) is 13.8. The Hall–Kier alpha value is -0.590. The van der Waals surface area contributed by atoms with Crippen molar-refractivity contribution in [3.05, 3.63) is 16.4 Å². The number of hydrogen-bond donors (Lipinski definition) is 1. The molecule has 0 bridgehead atoms. The minimum atomic E-state index is -3.02. The number of nitrogens with one attached hydrogen (secondary N) is 1. The van der Waals surface area contributed by atoms with E-state index >= 15 is 0 Å². The maximum atomic E-state index is 11.4. The molecule has 0 spiro atoms. The quantitative estimate of drug-likeness (QED) is 0.848. The number of likely N-dealkylation sites (N-methyl/N-ethyl adjacent to an activating group) is 1. The standard InChI is InChI=1S/C11H20ClN3O2S/c1-5-13-9(7-18(4,16)17)6-10-11(12)8(2)14-15(10)3/h9,13H,5-7H2,1-4H3. The fraction of sp³-hybridized carbons (Fsp3) is 0.727. The predicted molar refractivity (Wildman–Crippen MR) is 73.8 cm³/mol. The summed E-state index contributed by atoms with van der Waals surface area (Å²) in [6.45, 7) is 4.50. The molecule has 1 aromatic rings. The van der Waals surface area contributed by atoms with Crippen LogP contribution >= 0.6 is 11.6 Å². The van der Waals surface area contributed by atoms with Crippen molar-refractivity contribution in [3.8, 4) is 0 Å². The average molecular weight is 294 g/mol. The third-order valence-corrected chi connectivity index (χ3v) is 4.20. The highest BCUT2D eigenvalue weighted by atomic mass is 35.5. The fourth-order valence-electron chi connectivity index (χ4n) is 1.98. The lowest BCUT2D eigenvalue weighted by Gasteiger charge is -2.17. The molecule has 18 heavy (non-hydrogen) atoms. The highest BCUT2D eigenvalue weighted by Crippen LogP contribution is 2.21. The number of hydrogen-bond acceptors (Lipinski definition) is 4. The maximum absolute atomic E-state index is 11.4. The third kappa shape index (κ3) is 4.26. The number of sulfone groups is 1. The first-order valence-corrected chi connectivity index (χ1v) is 8.27. The van der Waals surface area contributed by atoms with Gasteiger partial charge in [0.25, 0.3) is 0 Å². The molecule has 0 amide bonds. The SMILES string of the molecule is CCNC(Cc1c(Cl)c(C)nn1C)CS(C)(=O)=O. The number of nitrogens with zero attached hydrogens (tertiary/aromatic N) is 2. The second-order valence-electron chi connectivity index (χ2n) is 4.52. The Balaban J connectivity index is 2.89. The van der Waals surface area contributed by atoms with Gasteiger partial charge in [0.2, 0.25) is 0 Å². The molecule has 0 aliphatic rings. The summed E-state index contributed by atoms with van der Waals surface area (Å²) in [5, 5.41) is 8.02. The van der Waals surface area contributed by atoms with Crippen molar-refractivity contribution < 1.29 is 8.42 Å². The molecule has 104 valence electrons. The second kappa shape index (κ2) is 6.04. The van der Waals surface area contributed by atoms with Crippen molar-refractivity contribution in [2.75, 3.05) is 18.6 Å². The number of rotatable bonds is 6. The van der Waals surface area contributed by atoms with Gasteiger partial charge in [0.1, 0.15) is 9.84 Å². The third-order valence-electron chi connectivity index (χ3n) is 2.70. The van der Waals surface area contributed by atoms with E-state index < -0.39 is 9.84 Å². The van der Waals surface area contributed by atoms with E-state index in [0.717, 1.165) is 11.4 Å². The zero-order valence-corrected chi connectivity index (χ0v) is 12.8. The summed E-state index contributed by atoms with van der Waals surface area (Å²) in [7, 11) is -1.20. The molecule has 0 aromatic carbocycles. The van der Waals surface area contributed by atoms with Gasteiger partial charge in [-0.1, -0.05) is 18.5 Å². The van der Waals surface area contributed by atoms with Gasteiger partial charge in [-0.2, -0.15) is 5.10 Å². The van der Waals surface area contributed by atoms with Gasteiger partial charge in [0.05, 0.1) is 22.2 Å². The lowest BCUT2D eigenvalue weighted by Crippen LogP contribution is -2.37. The van der Waals surface area contributed by atoms with Crippen LogP contribution in [-0.4, -0.2) is 42.8 Å². The fourth-order valence-corrected chi connectivity index (χ4v) is 3.18. The molecule has 1 atom stereocenters. The van der Waals surface area contributed by atoms with Gasteiger partial charge < -0.3 is 5.32 Å². The van der Waals surface area contributed by atoms with Gasteiger partial charge in [-0.15, -0.1) is 0 Å². The van der Waals surface area contributed by atoms with E-state index in [2.05, 4.69) is 10.4 Å². The van der Waals surface area contributed by atoms with Crippen molar-refractivity contribution in [3.63, 3.8) is 0 Å². The zero-order valence-electron chi connectivity index (χ0n) is 11.2. The monoisotopic (exact) mass is 293 g/mol. The Bertz CT molecular complexity index is 511. The summed E-state index contributed by atoms with van der Waals surface area (Å²) in [5.74, 6) is 0.0986. The van der Waals surface area contributed by atoms with Crippen LogP contribution in [0.5, 0.6) is 0 Å². The Morgan fingerprint density at radius 2 is 2.11 bits per heavy atom. The van der Waals surface area contributed by atoms with E-state index in [0.29, 0.717) is 18.0 Å². The molecule has 1 N–H and O–H groups in total. The highest BCUT2D eigenvalue weighted by Gasteiger charge is 2.19. The van der Waals surface area contributed by atoms with E-state index in [-0.39, 0.29) is 11.8 Å². The minimum absolute atomic E-state index is 0.0986. The molecular weight excluding hydrogens is 274 g/mol. The van der Waals surface area contributed by atoms with Crippen molar-refractivity contribution in [2.24, 2.45) is 7.05 Å². The van der Waals surface area contributed by atoms with Gasteiger partial charge in [-0.25, -0.2) is 8.42 Å². The molecule has 0 radical (unpaired) electrons. The molecular formula is C11H20ClN3O2S. The number of aromatic nitrogens is 2. The van der Waals surface area contributed by atoms with Crippen LogP contribution in [0.1, 0.15) is 18.3 Å². The van der Waals surface area contributed by atoms with E-state index in [1.165, 1.54) is 6.26 Å². The van der Waals surface area contributed by atoms with Crippen LogP contribution in [0, 0.1) is 6.92 Å². The molecule has 1 aromatic heterocycles. The van der Waals surface area contributed by atoms with Crippen LogP contribution in [0.25, 0.3) is 0 Å². The first kappa shape index (κ1) is 15.5. The lowest BCUT2D eigenvalue weighted by molar-refractivity contribution is 0.530. The van der Waals surface area contributed by atoms with Gasteiger partial charge in [-0.3, -0.25) is 4.68 Å². The van der Waals surface area contributed by atoms with Crippen LogP contribution in [0.3, 0.4) is 0 Å².